The van der Waals surface area contributed by atoms with Crippen molar-refractivity contribution in [2.75, 3.05) is 0 Å². The molecule has 0 spiro atoms. The maximum Gasteiger partial charge on any atom is 0.121 e. The molecule has 10 aromatic rings. The van der Waals surface area contributed by atoms with Crippen molar-refractivity contribution in [1.29, 1.82) is 0 Å². The third-order valence-corrected chi connectivity index (χ3v) is 16.2. The number of nitrogens with zero attached hydrogens (tertiary/aromatic N) is 3. The van der Waals surface area contributed by atoms with Crippen LogP contribution in [0.2, 0.25) is 19.6 Å². The van der Waals surface area contributed by atoms with Crippen LogP contribution in [0.5, 0.6) is 0 Å². The molecule has 0 amide bonds. The van der Waals surface area contributed by atoms with Gasteiger partial charge in [0.1, 0.15) is 5.58 Å². The number of pyridine rings is 1. The number of hydrogen-bond acceptors (Lipinski definition) is 3. The summed E-state index contributed by atoms with van der Waals surface area (Å²) in [5, 5.41) is 3.70. The van der Waals surface area contributed by atoms with Gasteiger partial charge in [-0.05, 0) is 98.8 Å². The molecule has 1 radical (unpaired) electrons. The van der Waals surface area contributed by atoms with Crippen LogP contribution in [0.15, 0.2) is 168 Å². The van der Waals surface area contributed by atoms with Gasteiger partial charge in [0.05, 0.1) is 30.5 Å². The van der Waals surface area contributed by atoms with Crippen molar-refractivity contribution in [3.8, 4) is 50.6 Å². The Kier molecular flexibility index (Phi) is 14.7. The molecule has 4 nitrogen and oxygen atoms in total. The minimum absolute atomic E-state index is 0. The fourth-order valence-electron chi connectivity index (χ4n) is 10.5. The third-order valence-electron chi connectivity index (χ3n) is 14.1. The molecule has 6 heteroatoms. The summed E-state index contributed by atoms with van der Waals surface area (Å²) in [4.78, 5) is 10.1. The second-order valence-corrected chi connectivity index (χ2v) is 25.7. The van der Waals surface area contributed by atoms with Crippen LogP contribution in [0.25, 0.3) is 83.6 Å². The summed E-state index contributed by atoms with van der Waals surface area (Å²) in [6.45, 7) is 16.4. The second kappa shape index (κ2) is 21.0. The number of furan rings is 1. The van der Waals surface area contributed by atoms with Crippen molar-refractivity contribution < 1.29 is 24.5 Å². The summed E-state index contributed by atoms with van der Waals surface area (Å²) < 4.78 is 9.10. The van der Waals surface area contributed by atoms with E-state index in [-0.39, 0.29) is 31.9 Å². The first-order chi connectivity index (χ1) is 33.5. The van der Waals surface area contributed by atoms with Crippen LogP contribution in [0.4, 0.5) is 0 Å². The molecular weight excluding hydrogens is 1050 g/mol. The zero-order chi connectivity index (χ0) is 47.6. The topological polar surface area (TPSA) is 43.9 Å². The first-order valence-corrected chi connectivity index (χ1v) is 28.6. The Hall–Kier alpha value is -6.17. The molecule has 0 aliphatic heterocycles. The zero-order valence-corrected chi connectivity index (χ0v) is 45.0. The molecule has 0 atom stereocenters. The summed E-state index contributed by atoms with van der Waals surface area (Å²) in [5.74, 6) is 2.28. The molecule has 0 saturated heterocycles. The second-order valence-electron chi connectivity index (χ2n) is 20.7. The molecule has 3 heterocycles. The average Bonchev–Trinajstić information content (AvgIpc) is 3.95. The SMILES string of the molecule is CC(C)c1cc(-c2ccccc2)cc(C(C)C)c1-n1c(-c2[c-]ccc3c2oc2cc(-c4ccccc4)ccc23)nc2ccccc21.C[Si](C)(C)c1cnc(-c2[c-]cccc2)cc1CC1CCCCC1.[Ir]. The number of imidazole rings is 1. The molecule has 1 saturated carbocycles. The van der Waals surface area contributed by atoms with Gasteiger partial charge >= 0.3 is 0 Å². The van der Waals surface area contributed by atoms with Gasteiger partial charge in [-0.3, -0.25) is 4.98 Å². The molecular formula is C64H63IrN3OSi-2. The van der Waals surface area contributed by atoms with E-state index in [9.17, 15) is 0 Å². The molecule has 1 aliphatic rings. The summed E-state index contributed by atoms with van der Waals surface area (Å²) >= 11 is 0. The fraction of sp³-hybridized carbons (Fsp3) is 0.250. The van der Waals surface area contributed by atoms with Gasteiger partial charge in [0.15, 0.2) is 0 Å². The van der Waals surface area contributed by atoms with E-state index in [4.69, 9.17) is 14.4 Å². The van der Waals surface area contributed by atoms with Crippen LogP contribution in [0, 0.1) is 18.1 Å². The van der Waals surface area contributed by atoms with Crippen LogP contribution in [0.3, 0.4) is 0 Å². The van der Waals surface area contributed by atoms with Crippen LogP contribution in [-0.4, -0.2) is 22.6 Å². The van der Waals surface area contributed by atoms with E-state index < -0.39 is 8.07 Å². The molecule has 355 valence electrons. The maximum atomic E-state index is 6.73. The summed E-state index contributed by atoms with van der Waals surface area (Å²) in [6.07, 6.45) is 10.5. The average molecular weight is 1110 g/mol. The van der Waals surface area contributed by atoms with E-state index in [1.807, 2.05) is 24.3 Å². The molecule has 1 fully saturated rings. The van der Waals surface area contributed by atoms with Crippen molar-refractivity contribution >= 4 is 46.2 Å². The Bertz CT molecular complexity index is 3350. The fourth-order valence-corrected chi connectivity index (χ4v) is 12.1. The van der Waals surface area contributed by atoms with Crippen molar-refractivity contribution in [3.05, 3.63) is 193 Å². The monoisotopic (exact) mass is 1110 g/mol. The standard InChI is InChI=1S/C43H35N2O.C21H28NSi.Ir/c1-27(2)36-24-32(30-16-9-6-10-17-30)25-37(28(3)4)41(36)45-39-21-12-11-20-38(39)44-43(45)35-19-13-18-34-33-23-22-31(26-40(33)46-42(34)35)29-14-7-5-8-15-29;1-23(2,3)21-16-22-20(18-12-8-5-9-13-18)15-19(21)14-17-10-6-4-7-11-17;/h5-18,20-28H,1-4H3;5,8-9,12,15-17H,4,6-7,10-11,14H2,1-3H3;/q2*-1;. The Balaban J connectivity index is 0.000000214. The number of fused-ring (bicyclic) bond motifs is 4. The van der Waals surface area contributed by atoms with Crippen molar-refractivity contribution in [3.63, 3.8) is 0 Å². The number of hydrogen-bond donors (Lipinski definition) is 0. The van der Waals surface area contributed by atoms with E-state index in [0.717, 1.165) is 67.1 Å². The Morgan fingerprint density at radius 1 is 0.643 bits per heavy atom. The largest absolute Gasteiger partial charge is 0.501 e. The third kappa shape index (κ3) is 10.1. The van der Waals surface area contributed by atoms with Crippen LogP contribution in [-0.2, 0) is 26.5 Å². The summed E-state index contributed by atoms with van der Waals surface area (Å²) in [7, 11) is -1.36. The number of rotatable bonds is 10. The molecule has 11 rings (SSSR count). The zero-order valence-electron chi connectivity index (χ0n) is 41.6. The van der Waals surface area contributed by atoms with Gasteiger partial charge in [-0.2, -0.15) is 0 Å². The summed E-state index contributed by atoms with van der Waals surface area (Å²) in [6, 6.07) is 62.3. The minimum atomic E-state index is -1.36. The van der Waals surface area contributed by atoms with E-state index in [1.54, 1.807) is 10.8 Å². The first kappa shape index (κ1) is 48.8. The maximum absolute atomic E-state index is 6.73. The smallest absolute Gasteiger partial charge is 0.121 e. The van der Waals surface area contributed by atoms with Gasteiger partial charge in [-0.25, -0.2) is 0 Å². The van der Waals surface area contributed by atoms with E-state index in [1.165, 1.54) is 72.0 Å². The molecule has 70 heavy (non-hydrogen) atoms. The molecule has 0 unspecified atom stereocenters. The van der Waals surface area contributed by atoms with Gasteiger partial charge in [0.25, 0.3) is 0 Å². The Morgan fingerprint density at radius 2 is 1.30 bits per heavy atom. The number of aromatic nitrogens is 3. The molecule has 3 aromatic heterocycles. The number of para-hydroxylation sites is 2. The first-order valence-electron chi connectivity index (χ1n) is 25.1. The van der Waals surface area contributed by atoms with Crippen molar-refractivity contribution in [2.24, 2.45) is 5.92 Å². The number of benzene rings is 7. The molecule has 1 aliphatic carbocycles. The van der Waals surface area contributed by atoms with Crippen LogP contribution >= 0.6 is 0 Å². The predicted molar refractivity (Wildman–Crippen MR) is 293 cm³/mol. The Labute approximate surface area is 429 Å². The molecule has 0 bridgehead atoms. The molecule has 0 N–H and O–H groups in total. The van der Waals surface area contributed by atoms with Gasteiger partial charge in [-0.15, -0.1) is 54.1 Å². The van der Waals surface area contributed by atoms with E-state index >= 15 is 0 Å². The summed E-state index contributed by atoms with van der Waals surface area (Å²) in [5.41, 5.74) is 16.8. The van der Waals surface area contributed by atoms with Gasteiger partial charge in [0.2, 0.25) is 0 Å². The van der Waals surface area contributed by atoms with Crippen molar-refractivity contribution in [2.45, 2.75) is 97.7 Å². The van der Waals surface area contributed by atoms with Gasteiger partial charge in [0, 0.05) is 37.4 Å². The van der Waals surface area contributed by atoms with Crippen LogP contribution in [0.1, 0.15) is 88.3 Å². The predicted octanol–water partition coefficient (Wildman–Crippen LogP) is 17.2. The van der Waals surface area contributed by atoms with Crippen LogP contribution < -0.4 is 5.19 Å². The van der Waals surface area contributed by atoms with Gasteiger partial charge < -0.3 is 14.0 Å². The van der Waals surface area contributed by atoms with E-state index in [2.05, 4.69) is 204 Å². The quantitative estimate of drug-likeness (QED) is 0.101. The molecule has 7 aromatic carbocycles. The van der Waals surface area contributed by atoms with E-state index in [0.29, 0.717) is 0 Å². The normalized spacial score (nSPS) is 13.2. The minimum Gasteiger partial charge on any atom is -0.501 e. The van der Waals surface area contributed by atoms with Gasteiger partial charge in [-0.1, -0.05) is 187 Å². The Morgan fingerprint density at radius 3 is 1.96 bits per heavy atom. The van der Waals surface area contributed by atoms with Crippen molar-refractivity contribution in [1.82, 2.24) is 14.5 Å².